The number of nitrogens with zero attached hydrogens (tertiary/aromatic N) is 2. The van der Waals surface area contributed by atoms with E-state index in [1.54, 1.807) is 13.8 Å². The second-order valence-electron chi connectivity index (χ2n) is 4.08. The zero-order chi connectivity index (χ0) is 12.5. The Hall–Kier alpha value is -1.65. The summed E-state index contributed by atoms with van der Waals surface area (Å²) in [6.07, 6.45) is -0.0995. The van der Waals surface area contributed by atoms with Gasteiger partial charge in [-0.2, -0.15) is 4.98 Å². The van der Waals surface area contributed by atoms with Crippen molar-refractivity contribution in [1.82, 2.24) is 9.55 Å². The highest BCUT2D eigenvalue weighted by Crippen LogP contribution is 2.13. The minimum atomic E-state index is -0.915. The molecule has 0 spiro atoms. The van der Waals surface area contributed by atoms with Crippen LogP contribution >= 0.6 is 0 Å². The van der Waals surface area contributed by atoms with Gasteiger partial charge in [0.1, 0.15) is 0 Å². The van der Waals surface area contributed by atoms with Crippen molar-refractivity contribution in [3.8, 4) is 0 Å². The van der Waals surface area contributed by atoms with E-state index in [4.69, 9.17) is 5.11 Å². The van der Waals surface area contributed by atoms with E-state index in [2.05, 4.69) is 4.98 Å². The van der Waals surface area contributed by atoms with Gasteiger partial charge in [-0.05, 0) is 27.7 Å². The molecule has 0 saturated heterocycles. The van der Waals surface area contributed by atoms with Crippen LogP contribution in [-0.2, 0) is 11.2 Å². The fourth-order valence-corrected chi connectivity index (χ4v) is 1.83. The number of hydrogen-bond donors (Lipinski definition) is 1. The summed E-state index contributed by atoms with van der Waals surface area (Å²) in [6, 6.07) is -0.0202. The molecule has 0 fully saturated rings. The van der Waals surface area contributed by atoms with Gasteiger partial charge in [-0.1, -0.05) is 0 Å². The average molecular weight is 224 g/mol. The molecule has 5 heteroatoms. The van der Waals surface area contributed by atoms with Gasteiger partial charge in [0.15, 0.2) is 0 Å². The Labute approximate surface area is 93.8 Å². The molecule has 0 bridgehead atoms. The lowest BCUT2D eigenvalue weighted by atomic mass is 10.1. The van der Waals surface area contributed by atoms with Gasteiger partial charge in [0.05, 0.1) is 6.42 Å². The van der Waals surface area contributed by atoms with Crippen LogP contribution in [0.2, 0.25) is 0 Å². The van der Waals surface area contributed by atoms with Gasteiger partial charge in [0, 0.05) is 23.0 Å². The third-order valence-corrected chi connectivity index (χ3v) is 2.55. The summed E-state index contributed by atoms with van der Waals surface area (Å²) >= 11 is 0. The van der Waals surface area contributed by atoms with E-state index in [1.165, 1.54) is 4.57 Å². The summed E-state index contributed by atoms with van der Waals surface area (Å²) in [5.41, 5.74) is 1.50. The zero-order valence-electron chi connectivity index (χ0n) is 9.94. The van der Waals surface area contributed by atoms with Crippen LogP contribution in [0.4, 0.5) is 0 Å². The van der Waals surface area contributed by atoms with Crippen LogP contribution < -0.4 is 5.69 Å². The normalized spacial score (nSPS) is 10.8. The zero-order valence-corrected chi connectivity index (χ0v) is 9.94. The van der Waals surface area contributed by atoms with Crippen molar-refractivity contribution in [2.24, 2.45) is 0 Å². The molecule has 1 heterocycles. The monoisotopic (exact) mass is 224 g/mol. The van der Waals surface area contributed by atoms with Crippen molar-refractivity contribution in [1.29, 1.82) is 0 Å². The highest BCUT2D eigenvalue weighted by atomic mass is 16.4. The van der Waals surface area contributed by atoms with Gasteiger partial charge >= 0.3 is 11.7 Å². The number of carboxylic acids is 1. The lowest BCUT2D eigenvalue weighted by Crippen LogP contribution is -2.29. The van der Waals surface area contributed by atoms with E-state index < -0.39 is 5.97 Å². The Morgan fingerprint density at radius 3 is 2.44 bits per heavy atom. The van der Waals surface area contributed by atoms with Gasteiger partial charge in [-0.15, -0.1) is 0 Å². The molecule has 0 atom stereocenters. The molecule has 1 rings (SSSR count). The Balaban J connectivity index is 3.45. The van der Waals surface area contributed by atoms with Crippen molar-refractivity contribution in [3.63, 3.8) is 0 Å². The predicted octanol–water partition coefficient (Wildman–Crippen LogP) is 1.07. The lowest BCUT2D eigenvalue weighted by molar-refractivity contribution is -0.136. The molecule has 0 aliphatic heterocycles. The molecular formula is C11H16N2O3. The maximum Gasteiger partial charge on any atom is 0.348 e. The van der Waals surface area contributed by atoms with Crippen LogP contribution in [0.1, 0.15) is 36.8 Å². The fraction of sp³-hybridized carbons (Fsp3) is 0.545. The molecule has 0 saturated carbocycles. The summed E-state index contributed by atoms with van der Waals surface area (Å²) in [6.45, 7) is 7.16. The summed E-state index contributed by atoms with van der Waals surface area (Å²) < 4.78 is 1.52. The number of rotatable bonds is 3. The topological polar surface area (TPSA) is 72.2 Å². The molecule has 0 amide bonds. The van der Waals surface area contributed by atoms with Crippen LogP contribution in [0, 0.1) is 13.8 Å². The Kier molecular flexibility index (Phi) is 3.47. The van der Waals surface area contributed by atoms with Crippen LogP contribution in [0.5, 0.6) is 0 Å². The minimum Gasteiger partial charge on any atom is -0.481 e. The quantitative estimate of drug-likeness (QED) is 0.833. The van der Waals surface area contributed by atoms with Crippen molar-refractivity contribution >= 4 is 5.97 Å². The molecule has 1 N–H and O–H groups in total. The van der Waals surface area contributed by atoms with Crippen molar-refractivity contribution in [2.45, 2.75) is 40.2 Å². The average Bonchev–Trinajstić information content (AvgIpc) is 2.10. The number of aryl methyl sites for hydroxylation is 1. The maximum atomic E-state index is 11.6. The Morgan fingerprint density at radius 2 is 2.00 bits per heavy atom. The van der Waals surface area contributed by atoms with Crippen LogP contribution in [-0.4, -0.2) is 20.6 Å². The second-order valence-corrected chi connectivity index (χ2v) is 4.08. The van der Waals surface area contributed by atoms with E-state index in [1.807, 2.05) is 13.8 Å². The molecule has 0 unspecified atom stereocenters. The van der Waals surface area contributed by atoms with Gasteiger partial charge in [0.25, 0.3) is 0 Å². The van der Waals surface area contributed by atoms with Gasteiger partial charge in [0.2, 0.25) is 0 Å². The Morgan fingerprint density at radius 1 is 1.44 bits per heavy atom. The van der Waals surface area contributed by atoms with E-state index in [9.17, 15) is 9.59 Å². The molecule has 16 heavy (non-hydrogen) atoms. The first-order chi connectivity index (χ1) is 7.34. The molecule has 0 radical (unpaired) electrons. The first kappa shape index (κ1) is 12.4. The molecule has 1 aromatic heterocycles. The second kappa shape index (κ2) is 4.47. The van der Waals surface area contributed by atoms with Gasteiger partial charge in [-0.25, -0.2) is 4.79 Å². The fourth-order valence-electron chi connectivity index (χ4n) is 1.83. The highest BCUT2D eigenvalue weighted by molar-refractivity contribution is 5.70. The highest BCUT2D eigenvalue weighted by Gasteiger charge is 2.15. The summed E-state index contributed by atoms with van der Waals surface area (Å²) in [5, 5.41) is 8.80. The largest absolute Gasteiger partial charge is 0.481 e. The van der Waals surface area contributed by atoms with E-state index in [-0.39, 0.29) is 18.2 Å². The first-order valence-corrected chi connectivity index (χ1v) is 5.15. The third kappa shape index (κ3) is 2.29. The molecule has 0 aliphatic rings. The van der Waals surface area contributed by atoms with E-state index in [0.717, 1.165) is 0 Å². The van der Waals surface area contributed by atoms with Crippen molar-refractivity contribution < 1.29 is 9.90 Å². The molecule has 0 aliphatic carbocycles. The van der Waals surface area contributed by atoms with Crippen molar-refractivity contribution in [2.75, 3.05) is 0 Å². The van der Waals surface area contributed by atoms with Crippen LogP contribution in [0.15, 0.2) is 4.79 Å². The smallest absolute Gasteiger partial charge is 0.348 e. The van der Waals surface area contributed by atoms with Crippen LogP contribution in [0.3, 0.4) is 0 Å². The molecular weight excluding hydrogens is 208 g/mol. The van der Waals surface area contributed by atoms with Gasteiger partial charge < -0.3 is 5.11 Å². The predicted molar refractivity (Wildman–Crippen MR) is 59.7 cm³/mol. The SMILES string of the molecule is Cc1nc(=O)n(C(C)C)c(C)c1CC(=O)O. The standard InChI is InChI=1S/C11H16N2O3/c1-6(2)13-8(4)9(5-10(14)15)7(3)12-11(13)16/h6H,5H2,1-4H3,(H,14,15). The minimum absolute atomic E-state index is 0.0202. The van der Waals surface area contributed by atoms with Crippen LogP contribution in [0.25, 0.3) is 0 Å². The summed E-state index contributed by atoms with van der Waals surface area (Å²) in [7, 11) is 0. The molecule has 0 aromatic carbocycles. The van der Waals surface area contributed by atoms with Gasteiger partial charge in [-0.3, -0.25) is 9.36 Å². The molecule has 5 nitrogen and oxygen atoms in total. The van der Waals surface area contributed by atoms with Crippen molar-refractivity contribution in [3.05, 3.63) is 27.4 Å². The first-order valence-electron chi connectivity index (χ1n) is 5.15. The molecule has 88 valence electrons. The number of aromatic nitrogens is 2. The Bertz CT molecular complexity index is 475. The van der Waals surface area contributed by atoms with E-state index in [0.29, 0.717) is 17.0 Å². The number of aliphatic carboxylic acids is 1. The number of carboxylic acid groups (broad SMARTS) is 1. The lowest BCUT2D eigenvalue weighted by Gasteiger charge is -2.17. The number of carbonyl (C=O) groups is 1. The molecule has 1 aromatic rings. The maximum absolute atomic E-state index is 11.6. The summed E-state index contributed by atoms with van der Waals surface area (Å²) in [4.78, 5) is 26.2. The number of hydrogen-bond acceptors (Lipinski definition) is 3. The van der Waals surface area contributed by atoms with E-state index >= 15 is 0 Å². The third-order valence-electron chi connectivity index (χ3n) is 2.55. The summed E-state index contributed by atoms with van der Waals surface area (Å²) in [5.74, 6) is -0.915.